The highest BCUT2D eigenvalue weighted by atomic mass is 79.9. The molecule has 0 aromatic heterocycles. The van der Waals surface area contributed by atoms with Crippen LogP contribution in [0.1, 0.15) is 22.3 Å². The van der Waals surface area contributed by atoms with Crippen molar-refractivity contribution >= 4 is 83.7 Å². The van der Waals surface area contributed by atoms with Crippen LogP contribution in [0.2, 0.25) is 5.02 Å². The smallest absolute Gasteiger partial charge is 0.271 e. The van der Waals surface area contributed by atoms with Gasteiger partial charge in [0.2, 0.25) is 0 Å². The summed E-state index contributed by atoms with van der Waals surface area (Å²) >= 11 is 14.6. The fourth-order valence-electron chi connectivity index (χ4n) is 3.92. The second-order valence-electron chi connectivity index (χ2n) is 9.04. The summed E-state index contributed by atoms with van der Waals surface area (Å²) in [5.41, 5.74) is 5.57. The monoisotopic (exact) mass is 680 g/mol. The average molecular weight is 683 g/mol. The molecule has 196 valence electrons. The van der Waals surface area contributed by atoms with Gasteiger partial charge in [-0.15, -0.1) is 0 Å². The SMILES string of the molecule is Cc1ccc(N=C2S/C(=C\c3cc(Br)cc(Br)c3OCc3ccc(Cl)cc3)C(=O)N2c2ccc(C)cc2)cc1. The van der Waals surface area contributed by atoms with Gasteiger partial charge in [-0.2, -0.15) is 0 Å². The number of hydrogen-bond acceptors (Lipinski definition) is 4. The molecule has 1 amide bonds. The normalized spacial score (nSPS) is 15.4. The fourth-order valence-corrected chi connectivity index (χ4v) is 6.41. The third-order valence-corrected chi connectivity index (χ3v) is 8.25. The number of aliphatic imine (C=N–C) groups is 1. The van der Waals surface area contributed by atoms with E-state index in [0.29, 0.717) is 27.5 Å². The van der Waals surface area contributed by atoms with Crippen LogP contribution >= 0.6 is 55.2 Å². The Kier molecular flexibility index (Phi) is 8.62. The Labute approximate surface area is 254 Å². The number of amides is 1. The summed E-state index contributed by atoms with van der Waals surface area (Å²) in [6, 6.07) is 27.2. The van der Waals surface area contributed by atoms with Crippen LogP contribution in [0.3, 0.4) is 0 Å². The molecular formula is C31H23Br2ClN2O2S. The molecule has 4 nitrogen and oxygen atoms in total. The molecule has 0 radical (unpaired) electrons. The maximum absolute atomic E-state index is 13.8. The van der Waals surface area contributed by atoms with Gasteiger partial charge in [-0.1, -0.05) is 75.1 Å². The number of thioether (sulfide) groups is 1. The molecule has 0 N–H and O–H groups in total. The highest BCUT2D eigenvalue weighted by molar-refractivity contribution is 9.11. The van der Waals surface area contributed by atoms with Crippen LogP contribution in [0.5, 0.6) is 5.75 Å². The molecule has 0 unspecified atom stereocenters. The van der Waals surface area contributed by atoms with Crippen LogP contribution < -0.4 is 9.64 Å². The number of rotatable bonds is 6. The molecule has 0 spiro atoms. The number of ether oxygens (including phenoxy) is 1. The first kappa shape index (κ1) is 27.7. The first-order valence-corrected chi connectivity index (χ1v) is 14.9. The van der Waals surface area contributed by atoms with Crippen molar-refractivity contribution in [3.8, 4) is 5.75 Å². The summed E-state index contributed by atoms with van der Waals surface area (Å²) in [5, 5.41) is 1.27. The molecule has 1 heterocycles. The van der Waals surface area contributed by atoms with Crippen molar-refractivity contribution in [2.75, 3.05) is 4.90 Å². The molecule has 8 heteroatoms. The number of halogens is 3. The second kappa shape index (κ2) is 12.1. The average Bonchev–Trinajstić information content (AvgIpc) is 3.20. The summed E-state index contributed by atoms with van der Waals surface area (Å²) in [6.07, 6.45) is 1.86. The Morgan fingerprint density at radius 1 is 0.923 bits per heavy atom. The van der Waals surface area contributed by atoms with Crippen molar-refractivity contribution in [1.82, 2.24) is 0 Å². The Balaban J connectivity index is 1.53. The third-order valence-electron chi connectivity index (χ3n) is 5.98. The maximum atomic E-state index is 13.8. The summed E-state index contributed by atoms with van der Waals surface area (Å²) in [4.78, 5) is 20.9. The van der Waals surface area contributed by atoms with Crippen LogP contribution in [-0.4, -0.2) is 11.1 Å². The number of hydrogen-bond donors (Lipinski definition) is 0. The minimum atomic E-state index is -0.144. The Hall–Kier alpha value is -2.84. The number of benzene rings is 4. The standard InChI is InChI=1S/C31H23Br2ClN2O2S/c1-19-3-11-25(12-4-19)35-31-36(26-13-5-20(2)6-14-26)30(37)28(39-31)16-22-15-23(32)17-27(33)29(22)38-18-21-7-9-24(34)10-8-21/h3-17H,18H2,1-2H3/b28-16-,35-31?. The molecule has 1 saturated heterocycles. The lowest BCUT2D eigenvalue weighted by Crippen LogP contribution is -2.28. The van der Waals surface area contributed by atoms with E-state index in [1.165, 1.54) is 11.8 Å². The Morgan fingerprint density at radius 3 is 2.23 bits per heavy atom. The van der Waals surface area contributed by atoms with Gasteiger partial charge in [0.1, 0.15) is 12.4 Å². The lowest BCUT2D eigenvalue weighted by Gasteiger charge is -2.16. The zero-order chi connectivity index (χ0) is 27.5. The lowest BCUT2D eigenvalue weighted by atomic mass is 10.1. The number of carbonyl (C=O) groups is 1. The first-order valence-electron chi connectivity index (χ1n) is 12.1. The summed E-state index contributed by atoms with van der Waals surface area (Å²) in [6.45, 7) is 4.41. The highest BCUT2D eigenvalue weighted by Crippen LogP contribution is 2.41. The van der Waals surface area contributed by atoms with E-state index in [1.54, 1.807) is 4.90 Å². The van der Waals surface area contributed by atoms with Gasteiger partial charge in [0.25, 0.3) is 5.91 Å². The van der Waals surface area contributed by atoms with Gasteiger partial charge in [-0.3, -0.25) is 9.69 Å². The molecule has 0 atom stereocenters. The largest absolute Gasteiger partial charge is 0.487 e. The fraction of sp³-hybridized carbons (Fsp3) is 0.0968. The number of anilines is 1. The van der Waals surface area contributed by atoms with E-state index in [1.807, 2.05) is 105 Å². The van der Waals surface area contributed by atoms with Gasteiger partial charge >= 0.3 is 0 Å². The molecule has 1 fully saturated rings. The molecule has 0 aliphatic carbocycles. The molecule has 39 heavy (non-hydrogen) atoms. The van der Waals surface area contributed by atoms with Gasteiger partial charge in [0.05, 0.1) is 20.8 Å². The van der Waals surface area contributed by atoms with E-state index in [4.69, 9.17) is 21.3 Å². The van der Waals surface area contributed by atoms with Crippen LogP contribution in [0, 0.1) is 13.8 Å². The van der Waals surface area contributed by atoms with E-state index in [9.17, 15) is 4.79 Å². The van der Waals surface area contributed by atoms with Crippen molar-refractivity contribution in [1.29, 1.82) is 0 Å². The molecule has 1 aliphatic heterocycles. The summed E-state index contributed by atoms with van der Waals surface area (Å²) < 4.78 is 7.87. The maximum Gasteiger partial charge on any atom is 0.271 e. The van der Waals surface area contributed by atoms with Crippen LogP contribution in [0.15, 0.2) is 104 Å². The molecule has 5 rings (SSSR count). The van der Waals surface area contributed by atoms with Crippen molar-refractivity contribution < 1.29 is 9.53 Å². The predicted molar refractivity (Wildman–Crippen MR) is 170 cm³/mol. The summed E-state index contributed by atoms with van der Waals surface area (Å²) in [5.74, 6) is 0.495. The van der Waals surface area contributed by atoms with Crippen LogP contribution in [-0.2, 0) is 11.4 Å². The summed E-state index contributed by atoms with van der Waals surface area (Å²) in [7, 11) is 0. The quantitative estimate of drug-likeness (QED) is 0.190. The van der Waals surface area contributed by atoms with E-state index in [-0.39, 0.29) is 5.91 Å². The van der Waals surface area contributed by atoms with Crippen molar-refractivity contribution in [3.05, 3.63) is 126 Å². The molecule has 1 aliphatic rings. The van der Waals surface area contributed by atoms with Gasteiger partial charge in [0.15, 0.2) is 5.17 Å². The van der Waals surface area contributed by atoms with Gasteiger partial charge in [-0.05, 0) is 102 Å². The topological polar surface area (TPSA) is 41.9 Å². The van der Waals surface area contributed by atoms with Gasteiger partial charge < -0.3 is 4.74 Å². The predicted octanol–water partition coefficient (Wildman–Crippen LogP) is 9.87. The van der Waals surface area contributed by atoms with E-state index in [2.05, 4.69) is 31.9 Å². The molecule has 0 bridgehead atoms. The Morgan fingerprint density at radius 2 is 1.56 bits per heavy atom. The second-order valence-corrected chi connectivity index (χ2v) is 12.3. The highest BCUT2D eigenvalue weighted by Gasteiger charge is 2.35. The van der Waals surface area contributed by atoms with E-state index >= 15 is 0 Å². The van der Waals surface area contributed by atoms with Crippen LogP contribution in [0.25, 0.3) is 6.08 Å². The number of amidine groups is 1. The van der Waals surface area contributed by atoms with E-state index < -0.39 is 0 Å². The van der Waals surface area contributed by atoms with Gasteiger partial charge in [0, 0.05) is 15.1 Å². The molecule has 0 saturated carbocycles. The number of nitrogens with zero attached hydrogens (tertiary/aromatic N) is 2. The van der Waals surface area contributed by atoms with Crippen molar-refractivity contribution in [2.24, 2.45) is 4.99 Å². The zero-order valence-electron chi connectivity index (χ0n) is 21.1. The molecule has 4 aromatic rings. The number of carbonyl (C=O) groups excluding carboxylic acids is 1. The first-order chi connectivity index (χ1) is 18.8. The zero-order valence-corrected chi connectivity index (χ0v) is 25.9. The van der Waals surface area contributed by atoms with Crippen LogP contribution in [0.4, 0.5) is 11.4 Å². The molecular weight excluding hydrogens is 660 g/mol. The number of aryl methyl sites for hydroxylation is 2. The van der Waals surface area contributed by atoms with Crippen molar-refractivity contribution in [2.45, 2.75) is 20.5 Å². The van der Waals surface area contributed by atoms with Crippen molar-refractivity contribution in [3.63, 3.8) is 0 Å². The lowest BCUT2D eigenvalue weighted by molar-refractivity contribution is -0.113. The Bertz CT molecular complexity index is 1590. The minimum Gasteiger partial charge on any atom is -0.487 e. The van der Waals surface area contributed by atoms with Gasteiger partial charge in [-0.25, -0.2) is 4.99 Å². The third kappa shape index (κ3) is 6.67. The minimum absolute atomic E-state index is 0.144. The molecule has 4 aromatic carbocycles. The van der Waals surface area contributed by atoms with E-state index in [0.717, 1.165) is 42.6 Å².